The first-order valence-electron chi connectivity index (χ1n) is 11.9. The lowest BCUT2D eigenvalue weighted by Crippen LogP contribution is -2.40. The zero-order valence-corrected chi connectivity index (χ0v) is 20.4. The van der Waals surface area contributed by atoms with E-state index in [2.05, 4.69) is 41.3 Å². The molecular weight excluding hydrogens is 452 g/mol. The number of thiazole rings is 1. The van der Waals surface area contributed by atoms with Crippen molar-refractivity contribution in [1.29, 1.82) is 0 Å². The molecule has 2 aromatic heterocycles. The van der Waals surface area contributed by atoms with Crippen molar-refractivity contribution in [2.75, 3.05) is 6.54 Å². The van der Waals surface area contributed by atoms with Crippen molar-refractivity contribution in [3.8, 4) is 0 Å². The summed E-state index contributed by atoms with van der Waals surface area (Å²) in [7, 11) is 0. The number of hydrogen-bond donors (Lipinski definition) is 0. The number of fused-ring (bicyclic) bond motifs is 2. The first kappa shape index (κ1) is 21.9. The second kappa shape index (κ2) is 9.21. The van der Waals surface area contributed by atoms with E-state index in [1.54, 1.807) is 11.3 Å². The summed E-state index contributed by atoms with van der Waals surface area (Å²) >= 11 is 1.73. The van der Waals surface area contributed by atoms with E-state index >= 15 is 0 Å². The Hall–Kier alpha value is -3.61. The molecule has 0 amide bonds. The number of aryl methyl sites for hydroxylation is 1. The first-order valence-corrected chi connectivity index (χ1v) is 12.8. The minimum Gasteiger partial charge on any atom is -0.292 e. The van der Waals surface area contributed by atoms with E-state index in [1.807, 2.05) is 60.0 Å². The van der Waals surface area contributed by atoms with E-state index in [1.165, 1.54) is 4.70 Å². The summed E-state index contributed by atoms with van der Waals surface area (Å²) in [6.07, 6.45) is 0.776. The van der Waals surface area contributed by atoms with Crippen LogP contribution in [0.3, 0.4) is 0 Å². The Balaban J connectivity index is 1.38. The van der Waals surface area contributed by atoms with Crippen molar-refractivity contribution < 1.29 is 0 Å². The molecule has 5 nitrogen and oxygen atoms in total. The molecule has 1 aliphatic rings. The van der Waals surface area contributed by atoms with Crippen LogP contribution in [0.25, 0.3) is 10.2 Å². The lowest BCUT2D eigenvalue weighted by Gasteiger charge is -2.30. The Morgan fingerprint density at radius 2 is 1.54 bits per heavy atom. The van der Waals surface area contributed by atoms with Crippen molar-refractivity contribution in [1.82, 2.24) is 19.4 Å². The molecule has 5 aromatic rings. The largest absolute Gasteiger partial charge is 0.292 e. The van der Waals surface area contributed by atoms with Crippen LogP contribution in [-0.4, -0.2) is 26.0 Å². The van der Waals surface area contributed by atoms with Crippen LogP contribution in [-0.2, 0) is 19.5 Å². The summed E-state index contributed by atoms with van der Waals surface area (Å²) in [5.41, 5.74) is 4.99. The maximum absolute atomic E-state index is 14.0. The van der Waals surface area contributed by atoms with E-state index in [-0.39, 0.29) is 11.6 Å². The molecule has 3 heterocycles. The molecule has 0 atom stereocenters. The Kier molecular flexibility index (Phi) is 5.76. The highest BCUT2D eigenvalue weighted by atomic mass is 32.1. The summed E-state index contributed by atoms with van der Waals surface area (Å²) in [6.45, 7) is 4.16. The zero-order valence-electron chi connectivity index (χ0n) is 19.6. The molecule has 174 valence electrons. The summed E-state index contributed by atoms with van der Waals surface area (Å²) in [5, 5.41) is 1.08. The fourth-order valence-electron chi connectivity index (χ4n) is 5.04. The number of benzene rings is 3. The fourth-order valence-corrected chi connectivity index (χ4v) is 6.05. The van der Waals surface area contributed by atoms with Crippen molar-refractivity contribution in [3.05, 3.63) is 128 Å². The van der Waals surface area contributed by atoms with Crippen LogP contribution in [0.5, 0.6) is 0 Å². The topological polar surface area (TPSA) is 51.0 Å². The van der Waals surface area contributed by atoms with Crippen LogP contribution in [0.1, 0.15) is 39.3 Å². The van der Waals surface area contributed by atoms with Crippen molar-refractivity contribution in [2.24, 2.45) is 0 Å². The Morgan fingerprint density at radius 3 is 2.23 bits per heavy atom. The van der Waals surface area contributed by atoms with Gasteiger partial charge >= 0.3 is 0 Å². The second-order valence-corrected chi connectivity index (χ2v) is 10.1. The van der Waals surface area contributed by atoms with Gasteiger partial charge in [-0.25, -0.2) is 9.97 Å². The summed E-state index contributed by atoms with van der Waals surface area (Å²) < 4.78 is 3.08. The maximum atomic E-state index is 14.0. The summed E-state index contributed by atoms with van der Waals surface area (Å²) in [4.78, 5) is 26.1. The average molecular weight is 479 g/mol. The summed E-state index contributed by atoms with van der Waals surface area (Å²) in [5.74, 6) is 0.756. The van der Waals surface area contributed by atoms with Gasteiger partial charge in [-0.2, -0.15) is 0 Å². The normalized spacial score (nSPS) is 13.9. The van der Waals surface area contributed by atoms with Gasteiger partial charge in [0.05, 0.1) is 34.1 Å². The highest BCUT2D eigenvalue weighted by Crippen LogP contribution is 2.28. The van der Waals surface area contributed by atoms with Gasteiger partial charge in [0, 0.05) is 19.5 Å². The van der Waals surface area contributed by atoms with E-state index in [0.717, 1.165) is 58.2 Å². The van der Waals surface area contributed by atoms with Gasteiger partial charge in [0.25, 0.3) is 5.56 Å². The zero-order chi connectivity index (χ0) is 23.8. The average Bonchev–Trinajstić information content (AvgIpc) is 3.30. The minimum absolute atomic E-state index is 0.0548. The highest BCUT2D eigenvalue weighted by molar-refractivity contribution is 7.18. The molecule has 0 N–H and O–H groups in total. The van der Waals surface area contributed by atoms with E-state index < -0.39 is 0 Å². The minimum atomic E-state index is -0.220. The molecule has 0 spiro atoms. The quantitative estimate of drug-likeness (QED) is 0.341. The van der Waals surface area contributed by atoms with Crippen molar-refractivity contribution in [3.63, 3.8) is 0 Å². The summed E-state index contributed by atoms with van der Waals surface area (Å²) in [6, 6.07) is 28.5. The molecule has 35 heavy (non-hydrogen) atoms. The molecule has 6 heteroatoms. The molecule has 0 saturated carbocycles. The molecule has 0 radical (unpaired) electrons. The van der Waals surface area contributed by atoms with Gasteiger partial charge in [0.2, 0.25) is 0 Å². The number of aromatic nitrogens is 3. The third kappa shape index (κ3) is 4.20. The third-order valence-electron chi connectivity index (χ3n) is 6.70. The van der Waals surface area contributed by atoms with E-state index in [9.17, 15) is 4.79 Å². The fraction of sp³-hybridized carbons (Fsp3) is 0.207. The molecule has 0 fully saturated rings. The molecule has 3 aromatic carbocycles. The third-order valence-corrected chi connectivity index (χ3v) is 7.72. The predicted octanol–water partition coefficient (Wildman–Crippen LogP) is 5.36. The van der Waals surface area contributed by atoms with Gasteiger partial charge in [0.15, 0.2) is 0 Å². The Labute approximate surface area is 208 Å². The number of hydrogen-bond acceptors (Lipinski definition) is 5. The van der Waals surface area contributed by atoms with Gasteiger partial charge in [-0.3, -0.25) is 14.3 Å². The molecule has 0 unspecified atom stereocenters. The van der Waals surface area contributed by atoms with Crippen LogP contribution in [0.4, 0.5) is 0 Å². The highest BCUT2D eigenvalue weighted by Gasteiger charge is 2.27. The maximum Gasteiger partial charge on any atom is 0.259 e. The molecule has 0 bridgehead atoms. The van der Waals surface area contributed by atoms with Gasteiger partial charge in [0.1, 0.15) is 10.8 Å². The first-order chi connectivity index (χ1) is 17.2. The van der Waals surface area contributed by atoms with Crippen molar-refractivity contribution in [2.45, 2.75) is 32.5 Å². The lowest BCUT2D eigenvalue weighted by atomic mass is 9.97. The van der Waals surface area contributed by atoms with Crippen molar-refractivity contribution >= 4 is 21.6 Å². The number of para-hydroxylation sites is 1. The van der Waals surface area contributed by atoms with Crippen LogP contribution in [0.15, 0.2) is 89.7 Å². The lowest BCUT2D eigenvalue weighted by molar-refractivity contribution is 0.240. The van der Waals surface area contributed by atoms with Gasteiger partial charge in [-0.1, -0.05) is 72.8 Å². The SMILES string of the molecule is Cc1nc2c(c(=O)n1C(c1ccccc1)c1ccccc1)CN(Cc1nc3ccccc3s1)CC2. The molecular formula is C29H26N4OS. The number of rotatable bonds is 5. The van der Waals surface area contributed by atoms with Gasteiger partial charge < -0.3 is 0 Å². The smallest absolute Gasteiger partial charge is 0.259 e. The molecule has 0 aliphatic carbocycles. The van der Waals surface area contributed by atoms with E-state index in [4.69, 9.17) is 9.97 Å². The monoisotopic (exact) mass is 478 g/mol. The second-order valence-electron chi connectivity index (χ2n) is 9.02. The van der Waals surface area contributed by atoms with Crippen LogP contribution in [0.2, 0.25) is 0 Å². The molecule has 0 saturated heterocycles. The number of nitrogens with zero attached hydrogens (tertiary/aromatic N) is 4. The predicted molar refractivity (Wildman–Crippen MR) is 141 cm³/mol. The van der Waals surface area contributed by atoms with Gasteiger partial charge in [-0.05, 0) is 30.2 Å². The Bertz CT molecular complexity index is 1470. The standard InChI is InChI=1S/C29H26N4OS/c1-20-30-24-16-17-32(19-27-31-25-14-8-9-15-26(25)35-27)18-23(24)29(34)33(20)28(21-10-4-2-5-11-21)22-12-6-3-7-13-22/h2-15,28H,16-19H2,1H3. The van der Waals surface area contributed by atoms with E-state index in [0.29, 0.717) is 6.54 Å². The van der Waals surface area contributed by atoms with Crippen LogP contribution < -0.4 is 5.56 Å². The van der Waals surface area contributed by atoms with Crippen LogP contribution >= 0.6 is 11.3 Å². The van der Waals surface area contributed by atoms with Crippen LogP contribution in [0, 0.1) is 6.92 Å². The molecule has 1 aliphatic heterocycles. The van der Waals surface area contributed by atoms with Gasteiger partial charge in [-0.15, -0.1) is 11.3 Å². The molecule has 6 rings (SSSR count). The Morgan fingerprint density at radius 1 is 0.886 bits per heavy atom.